The van der Waals surface area contributed by atoms with Crippen LogP contribution in [0.4, 0.5) is 13.2 Å². The first kappa shape index (κ1) is 15.9. The van der Waals surface area contributed by atoms with E-state index in [1.807, 2.05) is 40.2 Å². The molecule has 0 spiro atoms. The average molecular weight is 349 g/mol. The number of aromatic nitrogens is 2. The van der Waals surface area contributed by atoms with Gasteiger partial charge in [-0.2, -0.15) is 13.2 Å². The molecule has 0 saturated carbocycles. The molecule has 25 heavy (non-hydrogen) atoms. The van der Waals surface area contributed by atoms with Gasteiger partial charge in [-0.3, -0.25) is 9.69 Å². The van der Waals surface area contributed by atoms with Crippen molar-refractivity contribution in [1.82, 2.24) is 14.9 Å². The lowest BCUT2D eigenvalue weighted by Gasteiger charge is -2.26. The number of fused-ring (bicyclic) bond motifs is 2. The van der Waals surface area contributed by atoms with Gasteiger partial charge in [0.25, 0.3) is 5.56 Å². The zero-order valence-electron chi connectivity index (χ0n) is 13.1. The Morgan fingerprint density at radius 2 is 2.08 bits per heavy atom. The maximum atomic E-state index is 12.7. The van der Waals surface area contributed by atoms with Crippen molar-refractivity contribution >= 4 is 11.0 Å². The van der Waals surface area contributed by atoms with Crippen LogP contribution in [0.5, 0.6) is 0 Å². The third-order valence-corrected chi connectivity index (χ3v) is 4.27. The van der Waals surface area contributed by atoms with Gasteiger partial charge in [0.05, 0.1) is 17.8 Å². The molecule has 8 heteroatoms. The molecule has 2 aromatic heterocycles. The monoisotopic (exact) mass is 349 g/mol. The van der Waals surface area contributed by atoms with Crippen LogP contribution in [0.15, 0.2) is 39.5 Å². The fourth-order valence-corrected chi connectivity index (χ4v) is 3.09. The molecule has 0 bridgehead atoms. The fourth-order valence-electron chi connectivity index (χ4n) is 3.09. The van der Waals surface area contributed by atoms with Crippen molar-refractivity contribution in [1.29, 1.82) is 0 Å². The molecule has 0 aliphatic carbocycles. The molecule has 0 fully saturated rings. The fraction of sp³-hybridized carbons (Fsp3) is 0.294. The largest absolute Gasteiger partial charge is 0.460 e. The van der Waals surface area contributed by atoms with Crippen molar-refractivity contribution < 1.29 is 17.6 Å². The predicted octanol–water partition coefficient (Wildman–Crippen LogP) is 3.09. The first-order valence-electron chi connectivity index (χ1n) is 7.79. The molecule has 1 aliphatic heterocycles. The van der Waals surface area contributed by atoms with Gasteiger partial charge in [0.2, 0.25) is 5.82 Å². The molecule has 0 saturated heterocycles. The van der Waals surface area contributed by atoms with Crippen LogP contribution in [-0.4, -0.2) is 21.4 Å². The maximum Gasteiger partial charge on any atom is 0.449 e. The summed E-state index contributed by atoms with van der Waals surface area (Å²) in [5, 5.41) is 0.990. The number of hydrogen-bond acceptors (Lipinski definition) is 4. The summed E-state index contributed by atoms with van der Waals surface area (Å²) in [5.41, 5.74) is 0.558. The minimum atomic E-state index is -4.65. The van der Waals surface area contributed by atoms with Crippen LogP contribution in [-0.2, 0) is 25.7 Å². The molecule has 0 unspecified atom stereocenters. The Morgan fingerprint density at radius 3 is 2.84 bits per heavy atom. The van der Waals surface area contributed by atoms with E-state index in [0.29, 0.717) is 19.5 Å². The summed E-state index contributed by atoms with van der Waals surface area (Å²) in [6.07, 6.45) is -4.36. The van der Waals surface area contributed by atoms with Gasteiger partial charge in [-0.15, -0.1) is 0 Å². The average Bonchev–Trinajstić information content (AvgIpc) is 2.96. The van der Waals surface area contributed by atoms with Crippen molar-refractivity contribution in [3.63, 3.8) is 0 Å². The lowest BCUT2D eigenvalue weighted by molar-refractivity contribution is -0.145. The van der Waals surface area contributed by atoms with Crippen molar-refractivity contribution in [2.75, 3.05) is 6.54 Å². The highest BCUT2D eigenvalue weighted by Gasteiger charge is 2.36. The standard InChI is InChI=1S/C17H14F3N3O2/c18-17(19,20)16-21-13-5-6-23(9-12(13)15(24)22-16)8-11-7-10-3-1-2-4-14(10)25-11/h1-4,7H,5-6,8-9H2,(H,21,22,24). The number of para-hydroxylation sites is 1. The van der Waals surface area contributed by atoms with E-state index in [2.05, 4.69) is 4.98 Å². The summed E-state index contributed by atoms with van der Waals surface area (Å²) < 4.78 is 44.0. The Hall–Kier alpha value is -2.61. The Balaban J connectivity index is 1.57. The topological polar surface area (TPSA) is 62.1 Å². The highest BCUT2D eigenvalue weighted by atomic mass is 19.4. The number of aromatic amines is 1. The zero-order valence-corrected chi connectivity index (χ0v) is 13.1. The highest BCUT2D eigenvalue weighted by Crippen LogP contribution is 2.27. The molecule has 1 N–H and O–H groups in total. The third-order valence-electron chi connectivity index (χ3n) is 4.27. The number of alkyl halides is 3. The molecular formula is C17H14F3N3O2. The van der Waals surface area contributed by atoms with Crippen molar-refractivity contribution in [2.24, 2.45) is 0 Å². The van der Waals surface area contributed by atoms with Crippen LogP contribution < -0.4 is 5.56 Å². The quantitative estimate of drug-likeness (QED) is 0.772. The van der Waals surface area contributed by atoms with Gasteiger partial charge < -0.3 is 9.40 Å². The number of benzene rings is 1. The molecule has 4 rings (SSSR count). The van der Waals surface area contributed by atoms with E-state index < -0.39 is 17.6 Å². The zero-order chi connectivity index (χ0) is 17.6. The van der Waals surface area contributed by atoms with Gasteiger partial charge in [0.1, 0.15) is 11.3 Å². The van der Waals surface area contributed by atoms with E-state index in [9.17, 15) is 18.0 Å². The van der Waals surface area contributed by atoms with Crippen LogP contribution in [0.3, 0.4) is 0 Å². The smallest absolute Gasteiger partial charge is 0.449 e. The molecule has 1 aliphatic rings. The Morgan fingerprint density at radius 1 is 1.28 bits per heavy atom. The van der Waals surface area contributed by atoms with E-state index in [1.54, 1.807) is 0 Å². The minimum Gasteiger partial charge on any atom is -0.460 e. The molecule has 3 aromatic rings. The molecule has 3 heterocycles. The van der Waals surface area contributed by atoms with Crippen molar-refractivity contribution in [2.45, 2.75) is 25.7 Å². The van der Waals surface area contributed by atoms with E-state index in [4.69, 9.17) is 4.42 Å². The van der Waals surface area contributed by atoms with Crippen molar-refractivity contribution in [3.05, 3.63) is 63.5 Å². The van der Waals surface area contributed by atoms with Crippen molar-refractivity contribution in [3.8, 4) is 0 Å². The molecule has 1 aromatic carbocycles. The SMILES string of the molecule is O=c1[nH]c(C(F)(F)F)nc2c1CN(Cc1cc3ccccc3o1)CC2. The first-order valence-corrected chi connectivity index (χ1v) is 7.79. The summed E-state index contributed by atoms with van der Waals surface area (Å²) in [6.45, 7) is 1.24. The number of nitrogens with zero attached hydrogens (tertiary/aromatic N) is 2. The Kier molecular flexibility index (Phi) is 3.64. The highest BCUT2D eigenvalue weighted by molar-refractivity contribution is 5.77. The molecular weight excluding hydrogens is 335 g/mol. The van der Waals surface area contributed by atoms with Crippen LogP contribution in [0.1, 0.15) is 22.8 Å². The normalized spacial score (nSPS) is 15.5. The number of halogens is 3. The lowest BCUT2D eigenvalue weighted by atomic mass is 10.1. The van der Waals surface area contributed by atoms with Crippen LogP contribution in [0, 0.1) is 0 Å². The van der Waals surface area contributed by atoms with E-state index in [-0.39, 0.29) is 17.8 Å². The van der Waals surface area contributed by atoms with Gasteiger partial charge in [-0.05, 0) is 12.1 Å². The number of hydrogen-bond donors (Lipinski definition) is 1. The first-order chi connectivity index (χ1) is 11.9. The molecule has 130 valence electrons. The van der Waals surface area contributed by atoms with Gasteiger partial charge in [0, 0.05) is 24.9 Å². The van der Waals surface area contributed by atoms with E-state index in [1.165, 1.54) is 0 Å². The van der Waals surface area contributed by atoms with Gasteiger partial charge in [-0.1, -0.05) is 18.2 Å². The van der Waals surface area contributed by atoms with Gasteiger partial charge in [-0.25, -0.2) is 4.98 Å². The second-order valence-electron chi connectivity index (χ2n) is 6.05. The summed E-state index contributed by atoms with van der Waals surface area (Å²) in [7, 11) is 0. The second-order valence-corrected chi connectivity index (χ2v) is 6.05. The number of rotatable bonds is 2. The van der Waals surface area contributed by atoms with Crippen LogP contribution >= 0.6 is 0 Å². The summed E-state index contributed by atoms with van der Waals surface area (Å²) in [4.78, 5) is 19.4. The molecule has 0 radical (unpaired) electrons. The Labute approximate surface area is 140 Å². The minimum absolute atomic E-state index is 0.219. The molecule has 0 amide bonds. The van der Waals surface area contributed by atoms with Gasteiger partial charge >= 0.3 is 6.18 Å². The third kappa shape index (κ3) is 3.05. The lowest BCUT2D eigenvalue weighted by Crippen LogP contribution is -2.36. The molecule has 5 nitrogen and oxygen atoms in total. The predicted molar refractivity (Wildman–Crippen MR) is 83.9 cm³/mol. The molecule has 0 atom stereocenters. The van der Waals surface area contributed by atoms with E-state index in [0.717, 1.165) is 16.7 Å². The Bertz CT molecular complexity index is 958. The number of H-pyrrole nitrogens is 1. The van der Waals surface area contributed by atoms with Gasteiger partial charge in [0.15, 0.2) is 0 Å². The summed E-state index contributed by atoms with van der Waals surface area (Å²) >= 11 is 0. The number of furan rings is 1. The summed E-state index contributed by atoms with van der Waals surface area (Å²) in [5.74, 6) is -0.483. The van der Waals surface area contributed by atoms with Crippen LogP contribution in [0.2, 0.25) is 0 Å². The van der Waals surface area contributed by atoms with E-state index >= 15 is 0 Å². The van der Waals surface area contributed by atoms with Crippen LogP contribution in [0.25, 0.3) is 11.0 Å². The maximum absolute atomic E-state index is 12.7. The second kappa shape index (κ2) is 5.73. The number of nitrogens with one attached hydrogen (secondary N) is 1. The summed E-state index contributed by atoms with van der Waals surface area (Å²) in [6, 6.07) is 9.55.